The minimum atomic E-state index is -0.479. The number of rotatable bonds is 5. The van der Waals surface area contributed by atoms with Crippen LogP contribution in [0.15, 0.2) is 36.4 Å². The molecule has 0 aromatic heterocycles. The van der Waals surface area contributed by atoms with Gasteiger partial charge in [0.1, 0.15) is 11.6 Å². The minimum Gasteiger partial charge on any atom is -0.351 e. The van der Waals surface area contributed by atoms with E-state index in [-0.39, 0.29) is 29.5 Å². The summed E-state index contributed by atoms with van der Waals surface area (Å²) < 4.78 is 28.0. The molecule has 130 valence electrons. The van der Waals surface area contributed by atoms with Crippen molar-refractivity contribution in [1.29, 1.82) is 5.26 Å². The van der Waals surface area contributed by atoms with Gasteiger partial charge in [0.05, 0.1) is 11.6 Å². The van der Waals surface area contributed by atoms with E-state index in [9.17, 15) is 13.6 Å². The molecule has 3 nitrogen and oxygen atoms in total. The van der Waals surface area contributed by atoms with Crippen LogP contribution in [0.2, 0.25) is 0 Å². The van der Waals surface area contributed by atoms with Crippen LogP contribution in [0.4, 0.5) is 8.78 Å². The van der Waals surface area contributed by atoms with Crippen molar-refractivity contribution in [2.45, 2.75) is 32.6 Å². The molecule has 0 saturated carbocycles. The van der Waals surface area contributed by atoms with Crippen molar-refractivity contribution in [2.24, 2.45) is 0 Å². The van der Waals surface area contributed by atoms with Crippen LogP contribution in [-0.2, 0) is 0 Å². The van der Waals surface area contributed by atoms with E-state index in [2.05, 4.69) is 5.32 Å². The molecule has 0 radical (unpaired) electrons. The first kappa shape index (κ1) is 18.6. The molecule has 1 N–H and O–H groups in total. The number of carbonyl (C=O) groups excluding carboxylic acids is 1. The molecular weight excluding hydrogens is 322 g/mol. The third-order valence-electron chi connectivity index (χ3n) is 4.11. The van der Waals surface area contributed by atoms with Gasteiger partial charge in [0.2, 0.25) is 0 Å². The minimum absolute atomic E-state index is 0.0384. The molecule has 1 atom stereocenters. The molecule has 2 rings (SSSR count). The molecule has 0 aliphatic heterocycles. The maximum absolute atomic E-state index is 14.0. The largest absolute Gasteiger partial charge is 0.351 e. The number of benzene rings is 2. The summed E-state index contributed by atoms with van der Waals surface area (Å²) in [5.74, 6) is -1.54. The van der Waals surface area contributed by atoms with Gasteiger partial charge in [-0.3, -0.25) is 4.79 Å². The Labute approximate surface area is 146 Å². The van der Waals surface area contributed by atoms with Crippen LogP contribution in [0.1, 0.15) is 59.7 Å². The van der Waals surface area contributed by atoms with E-state index in [0.29, 0.717) is 11.1 Å². The Morgan fingerprint density at radius 3 is 2.28 bits per heavy atom. The average molecular weight is 342 g/mol. The van der Waals surface area contributed by atoms with Gasteiger partial charge >= 0.3 is 0 Å². The number of nitrogens with one attached hydrogen (secondary N) is 1. The molecule has 0 bridgehead atoms. The van der Waals surface area contributed by atoms with E-state index in [1.807, 2.05) is 19.9 Å². The summed E-state index contributed by atoms with van der Waals surface area (Å²) in [4.78, 5) is 12.2. The van der Waals surface area contributed by atoms with Crippen LogP contribution in [0.3, 0.4) is 0 Å². The highest BCUT2D eigenvalue weighted by Crippen LogP contribution is 2.21. The van der Waals surface area contributed by atoms with Crippen molar-refractivity contribution in [3.05, 3.63) is 70.3 Å². The Morgan fingerprint density at radius 2 is 1.72 bits per heavy atom. The number of hydrogen-bond acceptors (Lipinski definition) is 2. The Hall–Kier alpha value is -2.74. The molecule has 1 amide bonds. The highest BCUT2D eigenvalue weighted by Gasteiger charge is 2.15. The van der Waals surface area contributed by atoms with Crippen LogP contribution in [0.5, 0.6) is 0 Å². The lowest BCUT2D eigenvalue weighted by Crippen LogP contribution is -2.28. The molecule has 0 heterocycles. The molecule has 0 unspecified atom stereocenters. The fraction of sp³-hybridized carbons (Fsp3) is 0.300. The van der Waals surface area contributed by atoms with E-state index in [1.54, 1.807) is 25.1 Å². The van der Waals surface area contributed by atoms with Crippen LogP contribution < -0.4 is 5.32 Å². The highest BCUT2D eigenvalue weighted by molar-refractivity contribution is 5.94. The van der Waals surface area contributed by atoms with E-state index in [4.69, 9.17) is 5.26 Å². The maximum Gasteiger partial charge on any atom is 0.251 e. The van der Waals surface area contributed by atoms with Gasteiger partial charge in [-0.1, -0.05) is 32.9 Å². The van der Waals surface area contributed by atoms with Crippen LogP contribution >= 0.6 is 0 Å². The molecule has 2 aromatic carbocycles. The van der Waals surface area contributed by atoms with Gasteiger partial charge in [0.25, 0.3) is 5.91 Å². The lowest BCUT2D eigenvalue weighted by molar-refractivity contribution is 0.0951. The quantitative estimate of drug-likeness (QED) is 0.870. The van der Waals surface area contributed by atoms with Crippen molar-refractivity contribution in [1.82, 2.24) is 5.32 Å². The van der Waals surface area contributed by atoms with E-state index in [1.165, 1.54) is 18.2 Å². The number of amides is 1. The predicted molar refractivity (Wildman–Crippen MR) is 92.4 cm³/mol. The summed E-state index contributed by atoms with van der Waals surface area (Å²) in [6.45, 7) is 5.74. The summed E-state index contributed by atoms with van der Waals surface area (Å²) in [5, 5.41) is 11.5. The number of hydrogen-bond donors (Lipinski definition) is 1. The van der Waals surface area contributed by atoms with Gasteiger partial charge in [0.15, 0.2) is 0 Å². The smallest absolute Gasteiger partial charge is 0.251 e. The lowest BCUT2D eigenvalue weighted by Gasteiger charge is -2.15. The zero-order valence-corrected chi connectivity index (χ0v) is 14.4. The SMILES string of the molecule is CC(C)c1ccc(C(=O)NC[C@H](C)c2ccc(C#N)cc2F)cc1F. The first-order valence-corrected chi connectivity index (χ1v) is 8.10. The molecule has 25 heavy (non-hydrogen) atoms. The summed E-state index contributed by atoms with van der Waals surface area (Å²) in [6, 6.07) is 10.5. The van der Waals surface area contributed by atoms with Crippen molar-refractivity contribution < 1.29 is 13.6 Å². The summed E-state index contributed by atoms with van der Waals surface area (Å²) in [6.07, 6.45) is 0. The van der Waals surface area contributed by atoms with Crippen molar-refractivity contribution in [2.75, 3.05) is 6.54 Å². The molecule has 5 heteroatoms. The Kier molecular flexibility index (Phi) is 5.87. The third-order valence-corrected chi connectivity index (χ3v) is 4.11. The first-order chi connectivity index (χ1) is 11.8. The van der Waals surface area contributed by atoms with E-state index in [0.717, 1.165) is 0 Å². The monoisotopic (exact) mass is 342 g/mol. The Morgan fingerprint density at radius 1 is 1.08 bits per heavy atom. The second kappa shape index (κ2) is 7.89. The van der Waals surface area contributed by atoms with Gasteiger partial charge in [-0.15, -0.1) is 0 Å². The van der Waals surface area contributed by atoms with Gasteiger partial charge in [-0.25, -0.2) is 8.78 Å². The van der Waals surface area contributed by atoms with Gasteiger partial charge in [0, 0.05) is 18.0 Å². The molecule has 2 aromatic rings. The van der Waals surface area contributed by atoms with Crippen molar-refractivity contribution >= 4 is 5.91 Å². The summed E-state index contributed by atoms with van der Waals surface area (Å²) in [7, 11) is 0. The molecule has 0 aliphatic carbocycles. The molecular formula is C20H20F2N2O. The Balaban J connectivity index is 2.04. The topological polar surface area (TPSA) is 52.9 Å². The standard InChI is InChI=1S/C20H20F2N2O/c1-12(2)16-7-5-15(9-19(16)22)20(25)24-11-13(3)17-6-4-14(10-23)8-18(17)21/h4-9,12-13H,11H2,1-3H3,(H,24,25)/t13-/m0/s1. The molecule has 0 saturated heterocycles. The van der Waals surface area contributed by atoms with Crippen molar-refractivity contribution in [3.63, 3.8) is 0 Å². The fourth-order valence-corrected chi connectivity index (χ4v) is 2.59. The number of nitriles is 1. The lowest BCUT2D eigenvalue weighted by atomic mass is 9.98. The average Bonchev–Trinajstić information content (AvgIpc) is 2.58. The van der Waals surface area contributed by atoms with Crippen LogP contribution in [-0.4, -0.2) is 12.5 Å². The number of halogens is 2. The summed E-state index contributed by atoms with van der Waals surface area (Å²) >= 11 is 0. The number of nitrogens with zero attached hydrogens (tertiary/aromatic N) is 1. The van der Waals surface area contributed by atoms with Crippen LogP contribution in [0.25, 0.3) is 0 Å². The second-order valence-electron chi connectivity index (χ2n) is 6.35. The maximum atomic E-state index is 14.0. The van der Waals surface area contributed by atoms with Crippen LogP contribution in [0, 0.1) is 23.0 Å². The molecule has 0 aliphatic rings. The fourth-order valence-electron chi connectivity index (χ4n) is 2.59. The van der Waals surface area contributed by atoms with Gasteiger partial charge in [-0.05, 0) is 41.3 Å². The predicted octanol–water partition coefficient (Wildman–Crippen LogP) is 4.49. The Bertz CT molecular complexity index is 825. The molecule has 0 spiro atoms. The summed E-state index contributed by atoms with van der Waals surface area (Å²) in [5.41, 5.74) is 1.46. The normalized spacial score (nSPS) is 11.9. The highest BCUT2D eigenvalue weighted by atomic mass is 19.1. The molecule has 0 fully saturated rings. The third kappa shape index (κ3) is 4.42. The number of carbonyl (C=O) groups is 1. The second-order valence-corrected chi connectivity index (χ2v) is 6.35. The van der Waals surface area contributed by atoms with Gasteiger partial charge in [-0.2, -0.15) is 5.26 Å². The van der Waals surface area contributed by atoms with E-state index >= 15 is 0 Å². The zero-order valence-electron chi connectivity index (χ0n) is 14.4. The van der Waals surface area contributed by atoms with Gasteiger partial charge < -0.3 is 5.32 Å². The zero-order chi connectivity index (χ0) is 18.6. The van der Waals surface area contributed by atoms with E-state index < -0.39 is 17.5 Å². The van der Waals surface area contributed by atoms with Crippen molar-refractivity contribution in [3.8, 4) is 6.07 Å². The first-order valence-electron chi connectivity index (χ1n) is 8.10.